The Morgan fingerprint density at radius 1 is 0.893 bits per heavy atom. The van der Waals surface area contributed by atoms with Gasteiger partial charge in [-0.2, -0.15) is 0 Å². The normalized spacial score (nSPS) is 13.4. The van der Waals surface area contributed by atoms with Gasteiger partial charge in [0.2, 0.25) is 11.5 Å². The number of carbonyl (C=O) groups is 2. The van der Waals surface area contributed by atoms with Gasteiger partial charge in [-0.3, -0.25) is 4.79 Å². The Hall–Kier alpha value is -3.02. The molecule has 0 radical (unpaired) electrons. The molecule has 6 nitrogen and oxygen atoms in total. The largest absolute Gasteiger partial charge is 0.493 e. The summed E-state index contributed by atoms with van der Waals surface area (Å²) in [6.45, 7) is 1.57. The molecule has 0 N–H and O–H groups in total. The lowest BCUT2D eigenvalue weighted by Crippen LogP contribution is -2.25. The molecule has 3 rings (SSSR count). The first kappa shape index (κ1) is 19.7. The third-order valence-corrected chi connectivity index (χ3v) is 4.96. The summed E-state index contributed by atoms with van der Waals surface area (Å²) >= 11 is 0. The average Bonchev–Trinajstić information content (AvgIpc) is 3.19. The van der Waals surface area contributed by atoms with Gasteiger partial charge in [-0.25, -0.2) is 4.79 Å². The van der Waals surface area contributed by atoms with Crippen LogP contribution in [0.25, 0.3) is 0 Å². The highest BCUT2D eigenvalue weighted by atomic mass is 16.6. The number of hydrogen-bond donors (Lipinski definition) is 0. The number of aryl methyl sites for hydroxylation is 2. The predicted octanol–water partition coefficient (Wildman–Crippen LogP) is 3.63. The number of esters is 1. The standard InChI is InChI=1S/C22H24O6/c1-13(19(23)16-9-8-14-6-5-7-15(14)12-16)28-22(24)17-10-11-18(25-2)21(27-4)20(17)26-3/h8-13H,5-7H2,1-4H3. The maximum Gasteiger partial charge on any atom is 0.342 e. The highest BCUT2D eigenvalue weighted by molar-refractivity contribution is 6.02. The summed E-state index contributed by atoms with van der Waals surface area (Å²) < 4.78 is 21.2. The fraction of sp³-hybridized carbons (Fsp3) is 0.364. The number of benzene rings is 2. The fourth-order valence-electron chi connectivity index (χ4n) is 3.50. The topological polar surface area (TPSA) is 71.1 Å². The van der Waals surface area contributed by atoms with Gasteiger partial charge in [-0.1, -0.05) is 12.1 Å². The van der Waals surface area contributed by atoms with Crippen molar-refractivity contribution in [2.75, 3.05) is 21.3 Å². The smallest absolute Gasteiger partial charge is 0.342 e. The zero-order valence-electron chi connectivity index (χ0n) is 16.5. The summed E-state index contributed by atoms with van der Waals surface area (Å²) in [5, 5.41) is 0. The minimum Gasteiger partial charge on any atom is -0.493 e. The Morgan fingerprint density at radius 2 is 1.61 bits per heavy atom. The quantitative estimate of drug-likeness (QED) is 0.536. The van der Waals surface area contributed by atoms with E-state index in [0.29, 0.717) is 11.3 Å². The van der Waals surface area contributed by atoms with Crippen LogP contribution in [0, 0.1) is 0 Å². The van der Waals surface area contributed by atoms with Crippen molar-refractivity contribution < 1.29 is 28.5 Å². The van der Waals surface area contributed by atoms with Crippen LogP contribution in [0.4, 0.5) is 0 Å². The lowest BCUT2D eigenvalue weighted by Gasteiger charge is -2.17. The summed E-state index contributed by atoms with van der Waals surface area (Å²) in [5.74, 6) is 0.0153. The molecule has 2 aromatic rings. The first-order valence-corrected chi connectivity index (χ1v) is 9.16. The Kier molecular flexibility index (Phi) is 5.87. The van der Waals surface area contributed by atoms with Crippen LogP contribution in [0.1, 0.15) is 45.2 Å². The second-order valence-electron chi connectivity index (χ2n) is 6.63. The molecule has 0 fully saturated rings. The number of carbonyl (C=O) groups excluding carboxylic acids is 2. The summed E-state index contributed by atoms with van der Waals surface area (Å²) in [5.41, 5.74) is 3.20. The molecule has 148 valence electrons. The van der Waals surface area contributed by atoms with Gasteiger partial charge in [0.1, 0.15) is 5.56 Å². The molecule has 1 aliphatic rings. The van der Waals surface area contributed by atoms with E-state index >= 15 is 0 Å². The van der Waals surface area contributed by atoms with Crippen LogP contribution in [-0.4, -0.2) is 39.2 Å². The van der Waals surface area contributed by atoms with Crippen LogP contribution in [0.5, 0.6) is 17.2 Å². The van der Waals surface area contributed by atoms with E-state index in [1.54, 1.807) is 19.1 Å². The molecule has 0 heterocycles. The van der Waals surface area contributed by atoms with Crippen LogP contribution >= 0.6 is 0 Å². The van der Waals surface area contributed by atoms with E-state index in [4.69, 9.17) is 18.9 Å². The molecule has 0 saturated carbocycles. The van der Waals surface area contributed by atoms with Gasteiger partial charge < -0.3 is 18.9 Å². The van der Waals surface area contributed by atoms with Gasteiger partial charge in [-0.15, -0.1) is 0 Å². The van der Waals surface area contributed by atoms with Crippen molar-refractivity contribution in [1.82, 2.24) is 0 Å². The lowest BCUT2D eigenvalue weighted by molar-refractivity contribution is 0.0315. The van der Waals surface area contributed by atoms with E-state index in [-0.39, 0.29) is 22.8 Å². The van der Waals surface area contributed by atoms with Crippen molar-refractivity contribution in [2.45, 2.75) is 32.3 Å². The average molecular weight is 384 g/mol. The van der Waals surface area contributed by atoms with E-state index in [0.717, 1.165) is 19.3 Å². The summed E-state index contributed by atoms with van der Waals surface area (Å²) in [4.78, 5) is 25.4. The molecule has 1 aliphatic carbocycles. The molecule has 0 aromatic heterocycles. The number of Topliss-reactive ketones (excluding diaryl/α,β-unsaturated/α-hetero) is 1. The number of ether oxygens (including phenoxy) is 4. The molecule has 0 saturated heterocycles. The summed E-state index contributed by atoms with van der Waals surface area (Å²) in [7, 11) is 4.37. The van der Waals surface area contributed by atoms with Crippen molar-refractivity contribution >= 4 is 11.8 Å². The second kappa shape index (κ2) is 8.33. The highest BCUT2D eigenvalue weighted by Crippen LogP contribution is 2.40. The molecule has 2 aromatic carbocycles. The summed E-state index contributed by atoms with van der Waals surface area (Å²) in [6.07, 6.45) is 2.21. The molecule has 1 atom stereocenters. The molecule has 0 aliphatic heterocycles. The zero-order valence-corrected chi connectivity index (χ0v) is 16.5. The molecule has 28 heavy (non-hydrogen) atoms. The van der Waals surface area contributed by atoms with Gasteiger partial charge in [0.25, 0.3) is 0 Å². The maximum absolute atomic E-state index is 12.7. The number of ketones is 1. The van der Waals surface area contributed by atoms with E-state index in [2.05, 4.69) is 0 Å². The number of fused-ring (bicyclic) bond motifs is 1. The third-order valence-electron chi connectivity index (χ3n) is 4.96. The van der Waals surface area contributed by atoms with Crippen molar-refractivity contribution in [1.29, 1.82) is 0 Å². The second-order valence-corrected chi connectivity index (χ2v) is 6.63. The van der Waals surface area contributed by atoms with E-state index < -0.39 is 12.1 Å². The first-order valence-electron chi connectivity index (χ1n) is 9.16. The number of rotatable bonds is 7. The van der Waals surface area contributed by atoms with Crippen LogP contribution in [0.15, 0.2) is 30.3 Å². The Balaban J connectivity index is 1.80. The lowest BCUT2D eigenvalue weighted by atomic mass is 10.0. The summed E-state index contributed by atoms with van der Waals surface area (Å²) in [6, 6.07) is 8.81. The van der Waals surface area contributed by atoms with Crippen LogP contribution < -0.4 is 14.2 Å². The minimum absolute atomic E-state index is 0.161. The van der Waals surface area contributed by atoms with Crippen molar-refractivity contribution in [3.05, 3.63) is 52.6 Å². The maximum atomic E-state index is 12.7. The van der Waals surface area contributed by atoms with Gasteiger partial charge in [-0.05, 0) is 55.5 Å². The predicted molar refractivity (Wildman–Crippen MR) is 104 cm³/mol. The molecule has 0 amide bonds. The molecule has 6 heteroatoms. The zero-order chi connectivity index (χ0) is 20.3. The number of methoxy groups -OCH3 is 3. The Morgan fingerprint density at radius 3 is 2.29 bits per heavy atom. The van der Waals surface area contributed by atoms with Gasteiger partial charge in [0.05, 0.1) is 21.3 Å². The van der Waals surface area contributed by atoms with E-state index in [9.17, 15) is 9.59 Å². The Bertz CT molecular complexity index is 902. The molecule has 0 spiro atoms. The van der Waals surface area contributed by atoms with Gasteiger partial charge >= 0.3 is 5.97 Å². The SMILES string of the molecule is COc1ccc(C(=O)OC(C)C(=O)c2ccc3c(c2)CCC3)c(OC)c1OC. The molecule has 1 unspecified atom stereocenters. The molecule has 0 bridgehead atoms. The highest BCUT2D eigenvalue weighted by Gasteiger charge is 2.26. The van der Waals surface area contributed by atoms with E-state index in [1.807, 2.05) is 12.1 Å². The minimum atomic E-state index is -0.926. The van der Waals surface area contributed by atoms with Gasteiger partial charge in [0.15, 0.2) is 17.6 Å². The first-order chi connectivity index (χ1) is 13.5. The fourth-order valence-corrected chi connectivity index (χ4v) is 3.50. The van der Waals surface area contributed by atoms with Crippen molar-refractivity contribution in [3.8, 4) is 17.2 Å². The number of hydrogen-bond acceptors (Lipinski definition) is 6. The third kappa shape index (κ3) is 3.67. The molecular formula is C22H24O6. The van der Waals surface area contributed by atoms with E-state index in [1.165, 1.54) is 38.5 Å². The Labute approximate surface area is 164 Å². The van der Waals surface area contributed by atoms with Crippen molar-refractivity contribution in [3.63, 3.8) is 0 Å². The van der Waals surface area contributed by atoms with Crippen molar-refractivity contribution in [2.24, 2.45) is 0 Å². The molecular weight excluding hydrogens is 360 g/mol. The van der Waals surface area contributed by atoms with Crippen LogP contribution in [-0.2, 0) is 17.6 Å². The van der Waals surface area contributed by atoms with Crippen LogP contribution in [0.3, 0.4) is 0 Å². The van der Waals surface area contributed by atoms with Crippen LogP contribution in [0.2, 0.25) is 0 Å². The monoisotopic (exact) mass is 384 g/mol. The van der Waals surface area contributed by atoms with Gasteiger partial charge in [0, 0.05) is 5.56 Å².